The van der Waals surface area contributed by atoms with Gasteiger partial charge in [-0.3, -0.25) is 0 Å². The fourth-order valence-electron chi connectivity index (χ4n) is 0.545. The number of hydrogen-bond acceptors (Lipinski definition) is 0. The Morgan fingerprint density at radius 1 is 0.550 bits per heavy atom. The van der Waals surface area contributed by atoms with Gasteiger partial charge < -0.3 is 0 Å². The van der Waals surface area contributed by atoms with Gasteiger partial charge in [-0.1, -0.05) is 0 Å². The van der Waals surface area contributed by atoms with Gasteiger partial charge in [0.05, 0.1) is 0 Å². The molecule has 0 amide bonds. The summed E-state index contributed by atoms with van der Waals surface area (Å²) in [6, 6.07) is 0. The van der Waals surface area contributed by atoms with Crippen LogP contribution in [-0.4, -0.2) is 41.8 Å². The molecule has 0 spiro atoms. The van der Waals surface area contributed by atoms with E-state index >= 15 is 0 Å². The first-order valence-corrected chi connectivity index (χ1v) is 14.5. The summed E-state index contributed by atoms with van der Waals surface area (Å²) < 4.78 is 9.14. The first kappa shape index (κ1) is 31.2. The van der Waals surface area contributed by atoms with Crippen LogP contribution in [-0.2, 0) is 0 Å². The van der Waals surface area contributed by atoms with Crippen LogP contribution in [0.5, 0.6) is 0 Å². The SMILES string of the molecule is Br.Br.C=C(Br)C[Te]CC(=C)Br.C=C(Br)C[Te]CC(=C)Br. The van der Waals surface area contributed by atoms with E-state index in [1.165, 1.54) is 0 Å². The molecule has 0 saturated carbocycles. The Morgan fingerprint density at radius 3 is 0.800 bits per heavy atom. The summed E-state index contributed by atoms with van der Waals surface area (Å²) in [5.74, 6) is 0. The quantitative estimate of drug-likeness (QED) is 0.218. The van der Waals surface area contributed by atoms with Crippen LogP contribution in [0, 0.1) is 0 Å². The molecule has 0 radical (unpaired) electrons. The molecule has 0 heterocycles. The van der Waals surface area contributed by atoms with E-state index in [2.05, 4.69) is 90.0 Å². The molecule has 120 valence electrons. The summed E-state index contributed by atoms with van der Waals surface area (Å²) in [7, 11) is 0. The van der Waals surface area contributed by atoms with Crippen molar-refractivity contribution in [1.29, 1.82) is 0 Å². The first-order chi connectivity index (χ1) is 8.25. The van der Waals surface area contributed by atoms with Gasteiger partial charge in [-0.15, -0.1) is 34.0 Å². The van der Waals surface area contributed by atoms with E-state index in [1.807, 2.05) is 0 Å². The summed E-state index contributed by atoms with van der Waals surface area (Å²) in [4.78, 5) is 0. The minimum atomic E-state index is 0. The molecule has 8 heteroatoms. The standard InChI is InChI=1S/2C6H8Br2Te.2BrH/c2*1-5(7)3-9-4-6(2)8;;/h2*1-4H2;2*1H. The van der Waals surface area contributed by atoms with E-state index < -0.39 is 0 Å². The molecule has 0 rings (SSSR count). The van der Waals surface area contributed by atoms with Crippen LogP contribution in [0.3, 0.4) is 0 Å². The summed E-state index contributed by atoms with van der Waals surface area (Å²) >= 11 is 13.5. The molecule has 20 heavy (non-hydrogen) atoms. The van der Waals surface area contributed by atoms with Crippen molar-refractivity contribution in [3.8, 4) is 0 Å². The second-order valence-corrected chi connectivity index (χ2v) is 13.2. The van der Waals surface area contributed by atoms with Crippen LogP contribution in [0.15, 0.2) is 44.2 Å². The first-order valence-electron chi connectivity index (χ1n) is 4.74. The molecule has 0 bridgehead atoms. The van der Waals surface area contributed by atoms with E-state index in [4.69, 9.17) is 0 Å². The maximum atomic E-state index is 3.76. The third-order valence-corrected chi connectivity index (χ3v) is 13.1. The molecule has 0 unspecified atom stereocenters. The van der Waals surface area contributed by atoms with Gasteiger partial charge in [0.1, 0.15) is 0 Å². The molecule has 0 aliphatic heterocycles. The average molecular weight is 897 g/mol. The van der Waals surface area contributed by atoms with Crippen molar-refractivity contribution in [1.82, 2.24) is 0 Å². The Morgan fingerprint density at radius 2 is 0.700 bits per heavy atom. The second kappa shape index (κ2) is 22.4. The second-order valence-electron chi connectivity index (χ2n) is 3.05. The van der Waals surface area contributed by atoms with Crippen molar-refractivity contribution in [2.45, 2.75) is 17.9 Å². The maximum absolute atomic E-state index is 3.76. The molecule has 0 aliphatic rings. The number of rotatable bonds is 8. The number of halogens is 6. The van der Waals surface area contributed by atoms with Crippen molar-refractivity contribution in [3.63, 3.8) is 0 Å². The molecule has 0 N–H and O–H groups in total. The van der Waals surface area contributed by atoms with Gasteiger partial charge >= 0.3 is 168 Å². The Labute approximate surface area is 198 Å². The third kappa shape index (κ3) is 37.6. The Hall–Kier alpha value is 3.42. The summed E-state index contributed by atoms with van der Waals surface area (Å²) in [5.41, 5.74) is 0. The Balaban J connectivity index is -0.000000116. The van der Waals surface area contributed by atoms with Crippen molar-refractivity contribution in [3.05, 3.63) is 44.2 Å². The van der Waals surface area contributed by atoms with E-state index in [9.17, 15) is 0 Å². The van der Waals surface area contributed by atoms with Crippen LogP contribution in [0.1, 0.15) is 0 Å². The topological polar surface area (TPSA) is 0 Å². The van der Waals surface area contributed by atoms with Crippen LogP contribution >= 0.6 is 97.7 Å². The normalized spacial score (nSPS) is 8.20. The molecule has 0 aliphatic carbocycles. The van der Waals surface area contributed by atoms with E-state index in [0.29, 0.717) is 0 Å². The summed E-state index contributed by atoms with van der Waals surface area (Å²) in [6.07, 6.45) is 0. The van der Waals surface area contributed by atoms with Crippen molar-refractivity contribution >= 4 is 140 Å². The van der Waals surface area contributed by atoms with E-state index in [0.717, 1.165) is 35.8 Å². The minimum absolute atomic E-state index is 0. The van der Waals surface area contributed by atoms with E-state index in [1.54, 1.807) is 0 Å². The molecule has 0 nitrogen and oxygen atoms in total. The Kier molecular flexibility index (Phi) is 35.0. The number of allylic oxidation sites excluding steroid dienone is 4. The fourth-order valence-corrected chi connectivity index (χ4v) is 8.00. The number of hydrogen-bond donors (Lipinski definition) is 0. The van der Waals surface area contributed by atoms with Crippen LogP contribution < -0.4 is 0 Å². The van der Waals surface area contributed by atoms with Gasteiger partial charge in [-0.25, -0.2) is 0 Å². The molecule has 0 aromatic heterocycles. The zero-order valence-electron chi connectivity index (χ0n) is 10.8. The average Bonchev–Trinajstić information content (AvgIpc) is 2.15. The van der Waals surface area contributed by atoms with Crippen LogP contribution in [0.4, 0.5) is 0 Å². The molecule has 0 atom stereocenters. The summed E-state index contributed by atoms with van der Waals surface area (Å²) in [6.45, 7) is 15.0. The molecule has 0 aromatic carbocycles. The Bertz CT molecular complexity index is 246. The zero-order valence-corrected chi connectivity index (χ0v) is 25.2. The predicted molar refractivity (Wildman–Crippen MR) is 124 cm³/mol. The van der Waals surface area contributed by atoms with Crippen LogP contribution in [0.2, 0.25) is 17.9 Å². The monoisotopic (exact) mass is 895 g/mol. The van der Waals surface area contributed by atoms with Gasteiger partial charge in [-0.05, 0) is 0 Å². The van der Waals surface area contributed by atoms with Gasteiger partial charge in [0.15, 0.2) is 0 Å². The molecular formula is C12H18Br6Te2. The van der Waals surface area contributed by atoms with E-state index in [-0.39, 0.29) is 75.8 Å². The van der Waals surface area contributed by atoms with Crippen molar-refractivity contribution < 1.29 is 0 Å². The van der Waals surface area contributed by atoms with Gasteiger partial charge in [0, 0.05) is 0 Å². The van der Waals surface area contributed by atoms with Crippen LogP contribution in [0.25, 0.3) is 0 Å². The molecule has 0 saturated heterocycles. The van der Waals surface area contributed by atoms with Crippen molar-refractivity contribution in [2.24, 2.45) is 0 Å². The molecular weight excluding hydrogens is 879 g/mol. The molecule has 0 fully saturated rings. The molecule has 0 aromatic rings. The predicted octanol–water partition coefficient (Wildman–Crippen LogP) is 7.84. The summed E-state index contributed by atoms with van der Waals surface area (Å²) in [5, 5.41) is 0. The zero-order chi connectivity index (χ0) is 14.6. The van der Waals surface area contributed by atoms with Gasteiger partial charge in [0.2, 0.25) is 0 Å². The van der Waals surface area contributed by atoms with Crippen molar-refractivity contribution in [2.75, 3.05) is 0 Å². The third-order valence-electron chi connectivity index (χ3n) is 1.03. The van der Waals surface area contributed by atoms with Gasteiger partial charge in [0.25, 0.3) is 0 Å². The fraction of sp³-hybridized carbons (Fsp3) is 0.333. The van der Waals surface area contributed by atoms with Gasteiger partial charge in [-0.2, -0.15) is 0 Å².